The number of hydrogen-bond donors (Lipinski definition) is 1. The molecule has 0 aliphatic carbocycles. The third-order valence-corrected chi connectivity index (χ3v) is 3.95. The molecule has 0 aliphatic heterocycles. The van der Waals surface area contributed by atoms with Crippen LogP contribution in [-0.2, 0) is 6.54 Å². The molecule has 1 amide bonds. The van der Waals surface area contributed by atoms with Crippen molar-refractivity contribution < 1.29 is 9.18 Å². The second kappa shape index (κ2) is 6.85. The highest BCUT2D eigenvalue weighted by molar-refractivity contribution is 9.10. The SMILES string of the molecule is CC(C)c1ccc(CNC(=O)c2c(F)cccc2Br)cc1. The highest BCUT2D eigenvalue weighted by Gasteiger charge is 2.14. The topological polar surface area (TPSA) is 29.1 Å². The molecule has 4 heteroatoms. The summed E-state index contributed by atoms with van der Waals surface area (Å²) in [6.45, 7) is 4.64. The smallest absolute Gasteiger partial charge is 0.255 e. The van der Waals surface area contributed by atoms with Crippen molar-refractivity contribution >= 4 is 21.8 Å². The van der Waals surface area contributed by atoms with E-state index < -0.39 is 11.7 Å². The van der Waals surface area contributed by atoms with E-state index in [2.05, 4.69) is 35.1 Å². The number of rotatable bonds is 4. The Morgan fingerprint density at radius 2 is 1.86 bits per heavy atom. The Labute approximate surface area is 132 Å². The van der Waals surface area contributed by atoms with Crippen LogP contribution in [0, 0.1) is 5.82 Å². The van der Waals surface area contributed by atoms with Gasteiger partial charge in [0.2, 0.25) is 0 Å². The first kappa shape index (κ1) is 15.7. The van der Waals surface area contributed by atoms with Crippen LogP contribution >= 0.6 is 15.9 Å². The summed E-state index contributed by atoms with van der Waals surface area (Å²) in [5, 5.41) is 2.74. The molecule has 1 N–H and O–H groups in total. The summed E-state index contributed by atoms with van der Waals surface area (Å²) in [4.78, 5) is 12.1. The summed E-state index contributed by atoms with van der Waals surface area (Å²) < 4.78 is 14.1. The summed E-state index contributed by atoms with van der Waals surface area (Å²) in [5.41, 5.74) is 2.28. The maximum Gasteiger partial charge on any atom is 0.255 e. The fourth-order valence-electron chi connectivity index (χ4n) is 2.01. The highest BCUT2D eigenvalue weighted by atomic mass is 79.9. The fourth-order valence-corrected chi connectivity index (χ4v) is 2.53. The van der Waals surface area contributed by atoms with Gasteiger partial charge < -0.3 is 5.32 Å². The maximum atomic E-state index is 13.7. The number of amides is 1. The highest BCUT2D eigenvalue weighted by Crippen LogP contribution is 2.19. The predicted octanol–water partition coefficient (Wildman–Crippen LogP) is 4.64. The molecule has 0 heterocycles. The zero-order valence-corrected chi connectivity index (χ0v) is 13.6. The molecule has 2 nitrogen and oxygen atoms in total. The summed E-state index contributed by atoms with van der Waals surface area (Å²) in [6, 6.07) is 12.5. The van der Waals surface area contributed by atoms with Crippen LogP contribution in [0.4, 0.5) is 4.39 Å². The zero-order valence-electron chi connectivity index (χ0n) is 12.0. The summed E-state index contributed by atoms with van der Waals surface area (Å²) in [6.07, 6.45) is 0. The van der Waals surface area contributed by atoms with Crippen molar-refractivity contribution in [1.82, 2.24) is 5.32 Å². The molecule has 0 saturated heterocycles. The quantitative estimate of drug-likeness (QED) is 0.855. The van der Waals surface area contributed by atoms with Gasteiger partial charge in [-0.15, -0.1) is 0 Å². The van der Waals surface area contributed by atoms with Crippen molar-refractivity contribution in [2.24, 2.45) is 0 Å². The van der Waals surface area contributed by atoms with E-state index in [0.717, 1.165) is 5.56 Å². The molecule has 0 atom stereocenters. The Morgan fingerprint density at radius 3 is 2.43 bits per heavy atom. The molecule has 0 saturated carbocycles. The van der Waals surface area contributed by atoms with Crippen molar-refractivity contribution in [3.63, 3.8) is 0 Å². The van der Waals surface area contributed by atoms with E-state index >= 15 is 0 Å². The van der Waals surface area contributed by atoms with Crippen molar-refractivity contribution in [1.29, 1.82) is 0 Å². The van der Waals surface area contributed by atoms with Crippen LogP contribution in [0.3, 0.4) is 0 Å². The molecule has 2 aromatic rings. The molecule has 0 unspecified atom stereocenters. The predicted molar refractivity (Wildman–Crippen MR) is 85.8 cm³/mol. The first-order valence-electron chi connectivity index (χ1n) is 6.80. The Morgan fingerprint density at radius 1 is 1.19 bits per heavy atom. The van der Waals surface area contributed by atoms with Crippen LogP contribution in [0.2, 0.25) is 0 Å². The van der Waals surface area contributed by atoms with E-state index in [4.69, 9.17) is 0 Å². The molecule has 2 rings (SSSR count). The number of hydrogen-bond acceptors (Lipinski definition) is 1. The first-order valence-corrected chi connectivity index (χ1v) is 7.59. The molecule has 0 bridgehead atoms. The second-order valence-electron chi connectivity index (χ2n) is 5.18. The van der Waals surface area contributed by atoms with Crippen LogP contribution in [0.15, 0.2) is 46.9 Å². The van der Waals surface area contributed by atoms with Gasteiger partial charge in [0.15, 0.2) is 0 Å². The Hall–Kier alpha value is -1.68. The minimum absolute atomic E-state index is 0.0382. The largest absolute Gasteiger partial charge is 0.348 e. The summed E-state index contributed by atoms with van der Waals surface area (Å²) >= 11 is 3.20. The first-order chi connectivity index (χ1) is 9.99. The van der Waals surface area contributed by atoms with Crippen molar-refractivity contribution in [3.05, 3.63) is 69.4 Å². The fraction of sp³-hybridized carbons (Fsp3) is 0.235. The van der Waals surface area contributed by atoms with Crippen LogP contribution in [0.5, 0.6) is 0 Å². The molecule has 0 spiro atoms. The van der Waals surface area contributed by atoms with Gasteiger partial charge in [0.25, 0.3) is 5.91 Å². The molecule has 0 radical (unpaired) electrons. The standard InChI is InChI=1S/C17H17BrFNO/c1-11(2)13-8-6-12(7-9-13)10-20-17(21)16-14(18)4-3-5-15(16)19/h3-9,11H,10H2,1-2H3,(H,20,21). The lowest BCUT2D eigenvalue weighted by molar-refractivity contribution is 0.0946. The Kier molecular flexibility index (Phi) is 5.12. The van der Waals surface area contributed by atoms with E-state index in [9.17, 15) is 9.18 Å². The third kappa shape index (κ3) is 3.91. The van der Waals surface area contributed by atoms with E-state index in [0.29, 0.717) is 16.9 Å². The van der Waals surface area contributed by atoms with Gasteiger partial charge in [0.05, 0.1) is 5.56 Å². The van der Waals surface area contributed by atoms with Gasteiger partial charge in [0, 0.05) is 11.0 Å². The van der Waals surface area contributed by atoms with Crippen LogP contribution < -0.4 is 5.32 Å². The number of benzene rings is 2. The lowest BCUT2D eigenvalue weighted by Crippen LogP contribution is -2.24. The summed E-state index contributed by atoms with van der Waals surface area (Å²) in [5.74, 6) is -0.479. The summed E-state index contributed by atoms with van der Waals surface area (Å²) in [7, 11) is 0. The molecule has 0 fully saturated rings. The maximum absolute atomic E-state index is 13.7. The molecular weight excluding hydrogens is 333 g/mol. The average Bonchev–Trinajstić information content (AvgIpc) is 2.45. The molecule has 2 aromatic carbocycles. The zero-order chi connectivity index (χ0) is 15.4. The molecule has 21 heavy (non-hydrogen) atoms. The van der Waals surface area contributed by atoms with Crippen LogP contribution in [0.1, 0.15) is 41.3 Å². The molecule has 0 aromatic heterocycles. The minimum atomic E-state index is -0.531. The van der Waals surface area contributed by atoms with Gasteiger partial charge >= 0.3 is 0 Å². The van der Waals surface area contributed by atoms with Gasteiger partial charge in [-0.1, -0.05) is 44.2 Å². The number of carbonyl (C=O) groups is 1. The van der Waals surface area contributed by atoms with E-state index in [1.807, 2.05) is 24.3 Å². The Bertz CT molecular complexity index is 617. The monoisotopic (exact) mass is 349 g/mol. The van der Waals surface area contributed by atoms with Gasteiger partial charge in [-0.3, -0.25) is 4.79 Å². The number of halogens is 2. The average molecular weight is 350 g/mol. The van der Waals surface area contributed by atoms with Crippen LogP contribution in [0.25, 0.3) is 0 Å². The van der Waals surface area contributed by atoms with E-state index in [1.165, 1.54) is 11.6 Å². The molecular formula is C17H17BrFNO. The van der Waals surface area contributed by atoms with E-state index in [-0.39, 0.29) is 5.56 Å². The van der Waals surface area contributed by atoms with Crippen molar-refractivity contribution in [3.8, 4) is 0 Å². The van der Waals surface area contributed by atoms with Crippen LogP contribution in [-0.4, -0.2) is 5.91 Å². The Balaban J connectivity index is 2.04. The van der Waals surface area contributed by atoms with E-state index in [1.54, 1.807) is 12.1 Å². The van der Waals surface area contributed by atoms with Crippen molar-refractivity contribution in [2.75, 3.05) is 0 Å². The minimum Gasteiger partial charge on any atom is -0.348 e. The van der Waals surface area contributed by atoms with Crippen molar-refractivity contribution in [2.45, 2.75) is 26.3 Å². The van der Waals surface area contributed by atoms with Gasteiger partial charge in [-0.25, -0.2) is 4.39 Å². The normalized spacial score (nSPS) is 10.7. The lowest BCUT2D eigenvalue weighted by atomic mass is 10.0. The van der Waals surface area contributed by atoms with Gasteiger partial charge in [0.1, 0.15) is 5.82 Å². The number of nitrogens with one attached hydrogen (secondary N) is 1. The lowest BCUT2D eigenvalue weighted by Gasteiger charge is -2.09. The third-order valence-electron chi connectivity index (χ3n) is 3.29. The van der Waals surface area contributed by atoms with Gasteiger partial charge in [-0.2, -0.15) is 0 Å². The van der Waals surface area contributed by atoms with Gasteiger partial charge in [-0.05, 0) is 45.1 Å². The number of carbonyl (C=O) groups excluding carboxylic acids is 1. The molecule has 110 valence electrons. The second-order valence-corrected chi connectivity index (χ2v) is 6.03. The molecule has 0 aliphatic rings.